The van der Waals surface area contributed by atoms with Crippen molar-refractivity contribution in [3.8, 4) is 0 Å². The minimum atomic E-state index is -0.114. The summed E-state index contributed by atoms with van der Waals surface area (Å²) in [6, 6.07) is 10.2. The molecule has 0 spiro atoms. The van der Waals surface area contributed by atoms with Crippen LogP contribution in [0.3, 0.4) is 0 Å². The lowest BCUT2D eigenvalue weighted by molar-refractivity contribution is -0.132. The highest BCUT2D eigenvalue weighted by molar-refractivity contribution is 7.16. The molecule has 1 saturated heterocycles. The molecule has 4 rings (SSSR count). The summed E-state index contributed by atoms with van der Waals surface area (Å²) < 4.78 is 0. The second kappa shape index (κ2) is 7.87. The first-order valence-electron chi connectivity index (χ1n) is 9.84. The highest BCUT2D eigenvalue weighted by Gasteiger charge is 2.30. The summed E-state index contributed by atoms with van der Waals surface area (Å²) in [4.78, 5) is 35.1. The molecule has 6 heteroatoms. The van der Waals surface area contributed by atoms with Gasteiger partial charge in [0, 0.05) is 29.1 Å². The fourth-order valence-electron chi connectivity index (χ4n) is 3.91. The highest BCUT2D eigenvalue weighted by Crippen LogP contribution is 2.35. The average molecular weight is 396 g/mol. The standard InChI is InChI=1S/C22H25N3O2S/c1-15-8-4-5-9-17(15)21-18-12-16(2)28-22(18)25(19(26)13-23-21)14-20(27)24-10-6-3-7-11-24/h4-5,8-9,12H,3,6-7,10-11,13-14H2,1-2H3. The number of thiophene rings is 1. The number of likely N-dealkylation sites (tertiary alicyclic amines) is 1. The van der Waals surface area contributed by atoms with E-state index in [0.717, 1.165) is 58.2 Å². The number of aryl methyl sites for hydroxylation is 2. The summed E-state index contributed by atoms with van der Waals surface area (Å²) in [6.45, 7) is 5.84. The molecule has 28 heavy (non-hydrogen) atoms. The Kier molecular flexibility index (Phi) is 5.31. The number of aliphatic imine (C=N–C) groups is 1. The van der Waals surface area contributed by atoms with E-state index in [2.05, 4.69) is 24.0 Å². The smallest absolute Gasteiger partial charge is 0.249 e. The van der Waals surface area contributed by atoms with Gasteiger partial charge in [0.1, 0.15) is 18.1 Å². The molecule has 2 aromatic rings. The number of piperidine rings is 1. The number of carbonyl (C=O) groups is 2. The van der Waals surface area contributed by atoms with E-state index in [1.807, 2.05) is 30.0 Å². The van der Waals surface area contributed by atoms with Crippen molar-refractivity contribution in [3.05, 3.63) is 51.9 Å². The van der Waals surface area contributed by atoms with E-state index < -0.39 is 0 Å². The third-order valence-corrected chi connectivity index (χ3v) is 6.49. The Morgan fingerprint density at radius 2 is 1.86 bits per heavy atom. The number of amides is 2. The van der Waals surface area contributed by atoms with Crippen molar-refractivity contribution >= 4 is 33.9 Å². The predicted molar refractivity (Wildman–Crippen MR) is 114 cm³/mol. The molecule has 3 heterocycles. The van der Waals surface area contributed by atoms with Crippen molar-refractivity contribution in [2.24, 2.45) is 4.99 Å². The highest BCUT2D eigenvalue weighted by atomic mass is 32.1. The predicted octanol–water partition coefficient (Wildman–Crippen LogP) is 3.56. The van der Waals surface area contributed by atoms with Gasteiger partial charge in [-0.05, 0) is 44.7 Å². The van der Waals surface area contributed by atoms with Crippen LogP contribution in [0.2, 0.25) is 0 Å². The Balaban J connectivity index is 1.69. The van der Waals surface area contributed by atoms with E-state index in [0.29, 0.717) is 0 Å². The first kappa shape index (κ1) is 18.9. The SMILES string of the molecule is Cc1cc2c(s1)N(CC(=O)N1CCCCC1)C(=O)CN=C2c1ccccc1C. The van der Waals surface area contributed by atoms with Crippen LogP contribution in [0.25, 0.3) is 0 Å². The third kappa shape index (κ3) is 3.61. The second-order valence-electron chi connectivity index (χ2n) is 7.48. The lowest BCUT2D eigenvalue weighted by Crippen LogP contribution is -2.45. The Morgan fingerprint density at radius 3 is 2.61 bits per heavy atom. The number of hydrogen-bond acceptors (Lipinski definition) is 4. The van der Waals surface area contributed by atoms with E-state index in [1.165, 1.54) is 6.42 Å². The molecule has 2 aliphatic heterocycles. The molecule has 146 valence electrons. The van der Waals surface area contributed by atoms with E-state index in [-0.39, 0.29) is 24.9 Å². The maximum Gasteiger partial charge on any atom is 0.249 e. The summed E-state index contributed by atoms with van der Waals surface area (Å²) in [5.74, 6) is -0.0820. The molecular weight excluding hydrogens is 370 g/mol. The Labute approximate surface area is 169 Å². The molecule has 1 fully saturated rings. The van der Waals surface area contributed by atoms with E-state index in [9.17, 15) is 9.59 Å². The van der Waals surface area contributed by atoms with Gasteiger partial charge in [0.25, 0.3) is 0 Å². The van der Waals surface area contributed by atoms with Crippen molar-refractivity contribution in [1.82, 2.24) is 4.90 Å². The normalized spacial score (nSPS) is 17.2. The first-order valence-corrected chi connectivity index (χ1v) is 10.7. The topological polar surface area (TPSA) is 53.0 Å². The second-order valence-corrected chi connectivity index (χ2v) is 8.71. The summed E-state index contributed by atoms with van der Waals surface area (Å²) >= 11 is 1.56. The molecule has 0 saturated carbocycles. The molecule has 5 nitrogen and oxygen atoms in total. The van der Waals surface area contributed by atoms with Crippen molar-refractivity contribution in [2.75, 3.05) is 31.1 Å². The van der Waals surface area contributed by atoms with Gasteiger partial charge in [-0.1, -0.05) is 24.3 Å². The number of carbonyl (C=O) groups excluding carboxylic acids is 2. The fourth-order valence-corrected chi connectivity index (χ4v) is 4.93. The van der Waals surface area contributed by atoms with Crippen LogP contribution in [0, 0.1) is 13.8 Å². The molecule has 1 aromatic carbocycles. The van der Waals surface area contributed by atoms with Crippen LogP contribution in [0.1, 0.15) is 40.8 Å². The zero-order valence-corrected chi connectivity index (χ0v) is 17.2. The van der Waals surface area contributed by atoms with Crippen LogP contribution < -0.4 is 4.90 Å². The number of anilines is 1. The van der Waals surface area contributed by atoms with Crippen molar-refractivity contribution < 1.29 is 9.59 Å². The number of fused-ring (bicyclic) bond motifs is 1. The van der Waals surface area contributed by atoms with Gasteiger partial charge < -0.3 is 4.90 Å². The Bertz CT molecular complexity index is 941. The van der Waals surface area contributed by atoms with Gasteiger partial charge in [0.15, 0.2) is 0 Å². The van der Waals surface area contributed by atoms with Gasteiger partial charge in [-0.25, -0.2) is 0 Å². The van der Waals surface area contributed by atoms with Crippen molar-refractivity contribution in [3.63, 3.8) is 0 Å². The zero-order chi connectivity index (χ0) is 19.7. The quantitative estimate of drug-likeness (QED) is 0.798. The minimum absolute atomic E-state index is 0.0318. The largest absolute Gasteiger partial charge is 0.341 e. The number of hydrogen-bond donors (Lipinski definition) is 0. The lowest BCUT2D eigenvalue weighted by atomic mass is 9.99. The molecular formula is C22H25N3O2S. The fraction of sp³-hybridized carbons (Fsp3) is 0.409. The average Bonchev–Trinajstić information content (AvgIpc) is 3.03. The van der Waals surface area contributed by atoms with E-state index in [1.54, 1.807) is 16.2 Å². The van der Waals surface area contributed by atoms with Crippen LogP contribution in [0.15, 0.2) is 35.3 Å². The molecule has 0 unspecified atom stereocenters. The van der Waals surface area contributed by atoms with Crippen LogP contribution in [0.5, 0.6) is 0 Å². The molecule has 0 radical (unpaired) electrons. The molecule has 0 aliphatic carbocycles. The summed E-state index contributed by atoms with van der Waals surface area (Å²) in [5, 5.41) is 0.840. The molecule has 0 N–H and O–H groups in total. The molecule has 0 atom stereocenters. The van der Waals surface area contributed by atoms with E-state index >= 15 is 0 Å². The van der Waals surface area contributed by atoms with Gasteiger partial charge >= 0.3 is 0 Å². The maximum atomic E-state index is 12.9. The first-order chi connectivity index (χ1) is 13.5. The van der Waals surface area contributed by atoms with Crippen LogP contribution in [0.4, 0.5) is 5.00 Å². The van der Waals surface area contributed by atoms with Crippen molar-refractivity contribution in [1.29, 1.82) is 0 Å². The summed E-state index contributed by atoms with van der Waals surface area (Å²) in [5.41, 5.74) is 3.97. The Morgan fingerprint density at radius 1 is 1.11 bits per heavy atom. The van der Waals surface area contributed by atoms with E-state index in [4.69, 9.17) is 0 Å². The van der Waals surface area contributed by atoms with Gasteiger partial charge in [0.2, 0.25) is 11.8 Å². The molecule has 2 aliphatic rings. The maximum absolute atomic E-state index is 12.9. The monoisotopic (exact) mass is 395 g/mol. The van der Waals surface area contributed by atoms with Gasteiger partial charge in [-0.3, -0.25) is 19.5 Å². The van der Waals surface area contributed by atoms with Crippen LogP contribution >= 0.6 is 11.3 Å². The summed E-state index contributed by atoms with van der Waals surface area (Å²) in [6.07, 6.45) is 3.27. The van der Waals surface area contributed by atoms with Gasteiger partial charge in [-0.2, -0.15) is 0 Å². The minimum Gasteiger partial charge on any atom is -0.341 e. The van der Waals surface area contributed by atoms with Crippen LogP contribution in [-0.4, -0.2) is 48.6 Å². The third-order valence-electron chi connectivity index (χ3n) is 5.41. The Hall–Kier alpha value is -2.47. The van der Waals surface area contributed by atoms with Crippen molar-refractivity contribution in [2.45, 2.75) is 33.1 Å². The zero-order valence-electron chi connectivity index (χ0n) is 16.4. The lowest BCUT2D eigenvalue weighted by Gasteiger charge is -2.29. The number of benzene rings is 1. The molecule has 0 bridgehead atoms. The van der Waals surface area contributed by atoms with Gasteiger partial charge in [-0.15, -0.1) is 11.3 Å². The van der Waals surface area contributed by atoms with Gasteiger partial charge in [0.05, 0.1) is 5.71 Å². The van der Waals surface area contributed by atoms with Crippen LogP contribution in [-0.2, 0) is 9.59 Å². The molecule has 1 aromatic heterocycles. The number of nitrogens with zero attached hydrogens (tertiary/aromatic N) is 3. The summed E-state index contributed by atoms with van der Waals surface area (Å²) in [7, 11) is 0. The number of rotatable bonds is 3. The molecule has 2 amide bonds.